The van der Waals surface area contributed by atoms with Crippen molar-refractivity contribution < 1.29 is 0 Å². The third-order valence-corrected chi connectivity index (χ3v) is 5.47. The van der Waals surface area contributed by atoms with Gasteiger partial charge in [0.2, 0.25) is 0 Å². The summed E-state index contributed by atoms with van der Waals surface area (Å²) in [5.74, 6) is 2.21. The highest BCUT2D eigenvalue weighted by Crippen LogP contribution is 2.59. The first-order valence-electron chi connectivity index (χ1n) is 6.94. The van der Waals surface area contributed by atoms with Crippen LogP contribution in [0.2, 0.25) is 0 Å². The Kier molecular flexibility index (Phi) is 2.35. The van der Waals surface area contributed by atoms with E-state index in [1.54, 1.807) is 25.7 Å². The average Bonchev–Trinajstić information content (AvgIpc) is 2.77. The van der Waals surface area contributed by atoms with E-state index < -0.39 is 0 Å². The van der Waals surface area contributed by atoms with Gasteiger partial charge in [-0.2, -0.15) is 0 Å². The van der Waals surface area contributed by atoms with Crippen LogP contribution in [-0.4, -0.2) is 24.0 Å². The van der Waals surface area contributed by atoms with Crippen LogP contribution >= 0.6 is 0 Å². The van der Waals surface area contributed by atoms with Gasteiger partial charge in [-0.05, 0) is 69.7 Å². The van der Waals surface area contributed by atoms with Crippen LogP contribution in [-0.2, 0) is 0 Å². The Morgan fingerprint density at radius 3 is 2.73 bits per heavy atom. The van der Waals surface area contributed by atoms with Crippen molar-refractivity contribution in [3.63, 3.8) is 0 Å². The van der Waals surface area contributed by atoms with Crippen molar-refractivity contribution in [3.05, 3.63) is 0 Å². The maximum absolute atomic E-state index is 2.74. The zero-order chi connectivity index (χ0) is 10.5. The molecule has 1 heterocycles. The van der Waals surface area contributed by atoms with Crippen molar-refractivity contribution >= 4 is 0 Å². The Labute approximate surface area is 94.2 Å². The van der Waals surface area contributed by atoms with Gasteiger partial charge < -0.3 is 4.90 Å². The van der Waals surface area contributed by atoms with Crippen LogP contribution < -0.4 is 0 Å². The lowest BCUT2D eigenvalue weighted by Crippen LogP contribution is -2.48. The number of hydrogen-bond acceptors (Lipinski definition) is 1. The van der Waals surface area contributed by atoms with Gasteiger partial charge >= 0.3 is 0 Å². The van der Waals surface area contributed by atoms with Crippen LogP contribution in [0.3, 0.4) is 0 Å². The molecule has 0 aromatic rings. The standard InChI is InChI=1S/C14H25N/c1-11(2)15-7-3-6-14(10-15)9-12-4-5-13(14)8-12/h11-13H,3-10H2,1-2H3. The predicted octanol–water partition coefficient (Wildman–Crippen LogP) is 3.30. The molecule has 3 unspecified atom stereocenters. The lowest BCUT2D eigenvalue weighted by atomic mass is 9.68. The number of rotatable bonds is 1. The molecule has 0 aromatic heterocycles. The molecule has 15 heavy (non-hydrogen) atoms. The average molecular weight is 207 g/mol. The van der Waals surface area contributed by atoms with Crippen molar-refractivity contribution in [2.24, 2.45) is 17.3 Å². The highest BCUT2D eigenvalue weighted by molar-refractivity contribution is 5.03. The van der Waals surface area contributed by atoms with Crippen LogP contribution in [0.1, 0.15) is 52.4 Å². The second-order valence-electron chi connectivity index (χ2n) is 6.61. The van der Waals surface area contributed by atoms with Crippen molar-refractivity contribution in [1.82, 2.24) is 4.90 Å². The van der Waals surface area contributed by atoms with E-state index in [1.807, 2.05) is 0 Å². The van der Waals surface area contributed by atoms with E-state index in [0.29, 0.717) is 0 Å². The van der Waals surface area contributed by atoms with Crippen LogP contribution in [0.5, 0.6) is 0 Å². The zero-order valence-corrected chi connectivity index (χ0v) is 10.3. The van der Waals surface area contributed by atoms with E-state index in [4.69, 9.17) is 0 Å². The minimum Gasteiger partial charge on any atom is -0.300 e. The first-order valence-corrected chi connectivity index (χ1v) is 6.94. The van der Waals surface area contributed by atoms with Crippen LogP contribution in [0, 0.1) is 17.3 Å². The van der Waals surface area contributed by atoms with E-state index in [1.165, 1.54) is 25.9 Å². The van der Waals surface area contributed by atoms with E-state index in [9.17, 15) is 0 Å². The first kappa shape index (κ1) is 10.1. The minimum atomic E-state index is 0.765. The maximum atomic E-state index is 2.74. The number of nitrogens with zero attached hydrogens (tertiary/aromatic N) is 1. The predicted molar refractivity (Wildman–Crippen MR) is 63.8 cm³/mol. The maximum Gasteiger partial charge on any atom is 0.00434 e. The molecule has 3 fully saturated rings. The summed E-state index contributed by atoms with van der Waals surface area (Å²) < 4.78 is 0. The summed E-state index contributed by atoms with van der Waals surface area (Å²) in [7, 11) is 0. The van der Waals surface area contributed by atoms with Crippen molar-refractivity contribution in [1.29, 1.82) is 0 Å². The van der Waals surface area contributed by atoms with E-state index in [-0.39, 0.29) is 0 Å². The third kappa shape index (κ3) is 1.54. The summed E-state index contributed by atoms with van der Waals surface area (Å²) >= 11 is 0. The van der Waals surface area contributed by atoms with Gasteiger partial charge in [0.15, 0.2) is 0 Å². The lowest BCUT2D eigenvalue weighted by molar-refractivity contribution is 0.0230. The Hall–Kier alpha value is -0.0400. The second-order valence-corrected chi connectivity index (χ2v) is 6.61. The van der Waals surface area contributed by atoms with Crippen molar-refractivity contribution in [2.75, 3.05) is 13.1 Å². The summed E-state index contributed by atoms with van der Waals surface area (Å²) in [5.41, 5.74) is 0.769. The molecule has 3 atom stereocenters. The Morgan fingerprint density at radius 2 is 2.13 bits per heavy atom. The molecule has 1 heteroatoms. The molecule has 2 saturated carbocycles. The SMILES string of the molecule is CC(C)N1CCCC2(CC3CCC2C3)C1. The van der Waals surface area contributed by atoms with Gasteiger partial charge in [0.1, 0.15) is 0 Å². The molecule has 0 aromatic carbocycles. The second kappa shape index (κ2) is 3.48. The fraction of sp³-hybridized carbons (Fsp3) is 1.00. The van der Waals surface area contributed by atoms with Gasteiger partial charge in [0.05, 0.1) is 0 Å². The molecule has 2 aliphatic carbocycles. The van der Waals surface area contributed by atoms with Crippen LogP contribution in [0.25, 0.3) is 0 Å². The third-order valence-electron chi connectivity index (χ3n) is 5.47. The zero-order valence-electron chi connectivity index (χ0n) is 10.3. The molecule has 1 spiro atoms. The van der Waals surface area contributed by atoms with E-state index in [2.05, 4.69) is 18.7 Å². The summed E-state index contributed by atoms with van der Waals surface area (Å²) in [6, 6.07) is 0.765. The molecule has 86 valence electrons. The molecular weight excluding hydrogens is 182 g/mol. The van der Waals surface area contributed by atoms with Gasteiger partial charge in [0.25, 0.3) is 0 Å². The minimum absolute atomic E-state index is 0.765. The summed E-state index contributed by atoms with van der Waals surface area (Å²) in [6.45, 7) is 7.51. The Morgan fingerprint density at radius 1 is 1.27 bits per heavy atom. The fourth-order valence-corrected chi connectivity index (χ4v) is 4.70. The Bertz CT molecular complexity index is 248. The van der Waals surface area contributed by atoms with Gasteiger partial charge in [-0.3, -0.25) is 0 Å². The molecular formula is C14H25N. The topological polar surface area (TPSA) is 3.24 Å². The van der Waals surface area contributed by atoms with Crippen molar-refractivity contribution in [2.45, 2.75) is 58.4 Å². The van der Waals surface area contributed by atoms with E-state index >= 15 is 0 Å². The fourth-order valence-electron chi connectivity index (χ4n) is 4.70. The lowest BCUT2D eigenvalue weighted by Gasteiger charge is -2.47. The number of fused-ring (bicyclic) bond motifs is 3. The van der Waals surface area contributed by atoms with Gasteiger partial charge in [-0.1, -0.05) is 6.42 Å². The Balaban J connectivity index is 1.76. The number of likely N-dealkylation sites (tertiary alicyclic amines) is 1. The molecule has 1 aliphatic heterocycles. The first-order chi connectivity index (χ1) is 7.20. The highest BCUT2D eigenvalue weighted by Gasteiger charge is 2.52. The summed E-state index contributed by atoms with van der Waals surface area (Å²) in [4.78, 5) is 2.74. The van der Waals surface area contributed by atoms with Gasteiger partial charge in [0, 0.05) is 12.6 Å². The molecule has 3 aliphatic rings. The van der Waals surface area contributed by atoms with Crippen molar-refractivity contribution in [3.8, 4) is 0 Å². The molecule has 1 saturated heterocycles. The quantitative estimate of drug-likeness (QED) is 0.637. The largest absolute Gasteiger partial charge is 0.300 e. The van der Waals surface area contributed by atoms with Gasteiger partial charge in [-0.25, -0.2) is 0 Å². The molecule has 0 amide bonds. The summed E-state index contributed by atoms with van der Waals surface area (Å²) in [5, 5.41) is 0. The molecule has 3 rings (SSSR count). The number of piperidine rings is 1. The van der Waals surface area contributed by atoms with Crippen LogP contribution in [0.15, 0.2) is 0 Å². The highest BCUT2D eigenvalue weighted by atomic mass is 15.2. The molecule has 0 radical (unpaired) electrons. The normalized spacial score (nSPS) is 45.8. The number of hydrogen-bond donors (Lipinski definition) is 0. The van der Waals surface area contributed by atoms with Gasteiger partial charge in [-0.15, -0.1) is 0 Å². The summed E-state index contributed by atoms with van der Waals surface area (Å²) in [6.07, 6.45) is 9.25. The van der Waals surface area contributed by atoms with E-state index in [0.717, 1.165) is 23.3 Å². The molecule has 0 N–H and O–H groups in total. The monoisotopic (exact) mass is 207 g/mol. The smallest absolute Gasteiger partial charge is 0.00434 e. The van der Waals surface area contributed by atoms with Crippen LogP contribution in [0.4, 0.5) is 0 Å². The molecule has 1 nitrogen and oxygen atoms in total. The molecule has 2 bridgehead atoms.